The Morgan fingerprint density at radius 3 is 1.95 bits per heavy atom. The van der Waals surface area contributed by atoms with Crippen LogP contribution in [0.4, 0.5) is 0 Å². The van der Waals surface area contributed by atoms with Crippen LogP contribution in [-0.4, -0.2) is 54.4 Å². The SMILES string of the molecule is COC(=O)CCOCCOCCO[Si](C)(C)C(C)(C)C. The second-order valence-corrected chi connectivity index (χ2v) is 11.0. The summed E-state index contributed by atoms with van der Waals surface area (Å²) in [6.45, 7) is 13.7. The largest absolute Gasteiger partial charge is 0.469 e. The van der Waals surface area contributed by atoms with Crippen molar-refractivity contribution < 1.29 is 23.4 Å². The molecule has 0 bridgehead atoms. The molecule has 0 aliphatic carbocycles. The molecule has 0 saturated heterocycles. The maximum absolute atomic E-state index is 10.8. The van der Waals surface area contributed by atoms with E-state index in [1.54, 1.807) is 0 Å². The molecule has 0 saturated carbocycles. The van der Waals surface area contributed by atoms with Gasteiger partial charge in [-0.1, -0.05) is 20.8 Å². The minimum Gasteiger partial charge on any atom is -0.469 e. The van der Waals surface area contributed by atoms with Gasteiger partial charge in [-0.2, -0.15) is 0 Å². The Morgan fingerprint density at radius 2 is 1.45 bits per heavy atom. The van der Waals surface area contributed by atoms with E-state index in [0.29, 0.717) is 33.0 Å². The molecule has 0 aromatic rings. The van der Waals surface area contributed by atoms with Crippen molar-refractivity contribution in [2.24, 2.45) is 0 Å². The predicted molar refractivity (Wildman–Crippen MR) is 81.4 cm³/mol. The van der Waals surface area contributed by atoms with Crippen LogP contribution in [0.25, 0.3) is 0 Å². The molecule has 0 aromatic heterocycles. The van der Waals surface area contributed by atoms with Crippen molar-refractivity contribution in [3.63, 3.8) is 0 Å². The van der Waals surface area contributed by atoms with Crippen LogP contribution in [0.2, 0.25) is 18.1 Å². The van der Waals surface area contributed by atoms with Gasteiger partial charge < -0.3 is 18.6 Å². The third-order valence-electron chi connectivity index (χ3n) is 3.55. The fourth-order valence-corrected chi connectivity index (χ4v) is 2.18. The fraction of sp³-hybridized carbons (Fsp3) is 0.929. The minimum absolute atomic E-state index is 0.226. The summed E-state index contributed by atoms with van der Waals surface area (Å²) in [6, 6.07) is 0. The molecule has 0 amide bonds. The van der Waals surface area contributed by atoms with Gasteiger partial charge in [-0.15, -0.1) is 0 Å². The Balaban J connectivity index is 3.44. The first-order chi connectivity index (χ1) is 9.20. The quantitative estimate of drug-likeness (QED) is 0.353. The van der Waals surface area contributed by atoms with Crippen LogP contribution in [-0.2, 0) is 23.4 Å². The molecule has 120 valence electrons. The van der Waals surface area contributed by atoms with Crippen LogP contribution >= 0.6 is 0 Å². The van der Waals surface area contributed by atoms with Crippen molar-refractivity contribution in [2.75, 3.05) is 40.1 Å². The molecule has 0 spiro atoms. The average molecular weight is 306 g/mol. The third kappa shape index (κ3) is 8.68. The first-order valence-corrected chi connectivity index (χ1v) is 9.98. The van der Waals surface area contributed by atoms with Crippen molar-refractivity contribution in [1.29, 1.82) is 0 Å². The minimum atomic E-state index is -1.67. The second kappa shape index (κ2) is 9.49. The van der Waals surface area contributed by atoms with Crippen molar-refractivity contribution in [2.45, 2.75) is 45.3 Å². The molecule has 0 N–H and O–H groups in total. The summed E-state index contributed by atoms with van der Waals surface area (Å²) in [6.07, 6.45) is 0.283. The molecule has 20 heavy (non-hydrogen) atoms. The zero-order valence-electron chi connectivity index (χ0n) is 13.8. The van der Waals surface area contributed by atoms with E-state index in [1.807, 2.05) is 0 Å². The number of hydrogen-bond donors (Lipinski definition) is 0. The number of ether oxygens (including phenoxy) is 3. The molecule has 0 unspecified atom stereocenters. The topological polar surface area (TPSA) is 54.0 Å². The highest BCUT2D eigenvalue weighted by atomic mass is 28.4. The van der Waals surface area contributed by atoms with E-state index >= 15 is 0 Å². The van der Waals surface area contributed by atoms with E-state index in [2.05, 4.69) is 38.6 Å². The van der Waals surface area contributed by atoms with Gasteiger partial charge in [0, 0.05) is 0 Å². The molecule has 0 atom stereocenters. The van der Waals surface area contributed by atoms with Crippen molar-refractivity contribution >= 4 is 14.3 Å². The first-order valence-electron chi connectivity index (χ1n) is 7.07. The zero-order valence-corrected chi connectivity index (χ0v) is 14.8. The molecule has 0 aliphatic heterocycles. The lowest BCUT2D eigenvalue weighted by Gasteiger charge is -2.36. The van der Waals surface area contributed by atoms with Gasteiger partial charge in [0.15, 0.2) is 8.32 Å². The summed E-state index contributed by atoms with van der Waals surface area (Å²) < 4.78 is 21.2. The number of methoxy groups -OCH3 is 1. The Bertz CT molecular complexity index is 273. The molecule has 0 fully saturated rings. The van der Waals surface area contributed by atoms with Gasteiger partial charge in [-0.3, -0.25) is 4.79 Å². The zero-order chi connectivity index (χ0) is 15.6. The Labute approximate surface area is 124 Å². The molecule has 5 nitrogen and oxygen atoms in total. The van der Waals surface area contributed by atoms with E-state index in [-0.39, 0.29) is 17.4 Å². The normalized spacial score (nSPS) is 12.5. The summed E-state index contributed by atoms with van der Waals surface area (Å²) in [5.74, 6) is -0.256. The predicted octanol–water partition coefficient (Wildman–Crippen LogP) is 2.60. The van der Waals surface area contributed by atoms with Gasteiger partial charge in [0.25, 0.3) is 0 Å². The number of rotatable bonds is 10. The molecule has 0 heterocycles. The maximum Gasteiger partial charge on any atom is 0.307 e. The van der Waals surface area contributed by atoms with Crippen molar-refractivity contribution in [1.82, 2.24) is 0 Å². The molecule has 0 radical (unpaired) electrons. The van der Waals surface area contributed by atoms with Crippen molar-refractivity contribution in [3.8, 4) is 0 Å². The van der Waals surface area contributed by atoms with E-state index in [9.17, 15) is 4.79 Å². The third-order valence-corrected chi connectivity index (χ3v) is 8.09. The lowest BCUT2D eigenvalue weighted by Crippen LogP contribution is -2.41. The van der Waals surface area contributed by atoms with Gasteiger partial charge >= 0.3 is 5.97 Å². The van der Waals surface area contributed by atoms with Crippen molar-refractivity contribution in [3.05, 3.63) is 0 Å². The molecule has 0 aromatic carbocycles. The second-order valence-electron chi connectivity index (χ2n) is 6.16. The highest BCUT2D eigenvalue weighted by Gasteiger charge is 2.36. The van der Waals surface area contributed by atoms with E-state index in [1.165, 1.54) is 7.11 Å². The summed E-state index contributed by atoms with van der Waals surface area (Å²) in [7, 11) is -0.297. The summed E-state index contributed by atoms with van der Waals surface area (Å²) in [5.41, 5.74) is 0. The van der Waals surface area contributed by atoms with Crippen LogP contribution in [0.1, 0.15) is 27.2 Å². The number of hydrogen-bond acceptors (Lipinski definition) is 5. The van der Waals surface area contributed by atoms with Crippen LogP contribution in [0.3, 0.4) is 0 Å². The summed E-state index contributed by atoms with van der Waals surface area (Å²) >= 11 is 0. The average Bonchev–Trinajstić information content (AvgIpc) is 2.34. The van der Waals surface area contributed by atoms with Gasteiger partial charge in [0.05, 0.1) is 46.6 Å². The van der Waals surface area contributed by atoms with Crippen LogP contribution in [0.15, 0.2) is 0 Å². The molecule has 0 aliphatic rings. The Kier molecular flexibility index (Phi) is 9.29. The first kappa shape index (κ1) is 19.6. The number of carbonyl (C=O) groups excluding carboxylic acids is 1. The van der Waals surface area contributed by atoms with Crippen LogP contribution in [0, 0.1) is 0 Å². The number of esters is 1. The molecular formula is C14H30O5Si. The summed E-state index contributed by atoms with van der Waals surface area (Å²) in [5, 5.41) is 0.226. The molecule has 0 rings (SSSR count). The highest BCUT2D eigenvalue weighted by Crippen LogP contribution is 2.36. The maximum atomic E-state index is 10.8. The molecule has 6 heteroatoms. The van der Waals surface area contributed by atoms with Gasteiger partial charge in [-0.05, 0) is 18.1 Å². The molecular weight excluding hydrogens is 276 g/mol. The Hall–Kier alpha value is -0.433. The van der Waals surface area contributed by atoms with E-state index < -0.39 is 8.32 Å². The van der Waals surface area contributed by atoms with Gasteiger partial charge in [-0.25, -0.2) is 0 Å². The smallest absolute Gasteiger partial charge is 0.307 e. The van der Waals surface area contributed by atoms with Gasteiger partial charge in [0.1, 0.15) is 0 Å². The van der Waals surface area contributed by atoms with E-state index in [0.717, 1.165) is 0 Å². The lowest BCUT2D eigenvalue weighted by molar-refractivity contribution is -0.141. The van der Waals surface area contributed by atoms with E-state index in [4.69, 9.17) is 13.9 Å². The monoisotopic (exact) mass is 306 g/mol. The highest BCUT2D eigenvalue weighted by molar-refractivity contribution is 6.74. The Morgan fingerprint density at radius 1 is 0.950 bits per heavy atom. The standard InChI is InChI=1S/C14H30O5Si/c1-14(2,3)20(5,6)19-12-11-18-10-9-17-8-7-13(15)16-4/h7-12H2,1-6H3. The lowest BCUT2D eigenvalue weighted by atomic mass is 10.2. The number of carbonyl (C=O) groups is 1. The van der Waals surface area contributed by atoms with Crippen LogP contribution < -0.4 is 0 Å². The fourth-order valence-electron chi connectivity index (χ4n) is 1.15. The van der Waals surface area contributed by atoms with Crippen LogP contribution in [0.5, 0.6) is 0 Å². The van der Waals surface area contributed by atoms with Gasteiger partial charge in [0.2, 0.25) is 0 Å². The summed E-state index contributed by atoms with van der Waals surface area (Å²) in [4.78, 5) is 10.8.